The molecule has 0 saturated heterocycles. The van der Waals surface area contributed by atoms with E-state index in [1.165, 1.54) is 30.3 Å². The fourth-order valence-electron chi connectivity index (χ4n) is 4.73. The van der Waals surface area contributed by atoms with Crippen molar-refractivity contribution in [2.24, 2.45) is 5.73 Å². The van der Waals surface area contributed by atoms with E-state index in [2.05, 4.69) is 12.1 Å². The van der Waals surface area contributed by atoms with Crippen LogP contribution in [-0.4, -0.2) is 44.6 Å². The van der Waals surface area contributed by atoms with Crippen LogP contribution in [-0.2, 0) is 32.7 Å². The summed E-state index contributed by atoms with van der Waals surface area (Å²) in [6.07, 6.45) is 5.73. The Morgan fingerprint density at radius 2 is 1.06 bits per heavy atom. The summed E-state index contributed by atoms with van der Waals surface area (Å²) in [5, 5.41) is 34.8. The molecule has 7 aromatic carbocycles. The van der Waals surface area contributed by atoms with Crippen molar-refractivity contribution in [1.82, 2.24) is 0 Å². The minimum Gasteiger partial charge on any atom is -0.506 e. The van der Waals surface area contributed by atoms with Gasteiger partial charge in [0.25, 0.3) is 0 Å². The molecule has 14 heteroatoms. The Labute approximate surface area is 382 Å². The summed E-state index contributed by atoms with van der Waals surface area (Å²) in [6, 6.07) is 49.3. The van der Waals surface area contributed by atoms with Crippen LogP contribution in [0.2, 0.25) is 0 Å². The van der Waals surface area contributed by atoms with E-state index in [0.717, 1.165) is 46.5 Å². The van der Waals surface area contributed by atoms with E-state index in [1.807, 2.05) is 84.9 Å². The second kappa shape index (κ2) is 25.0. The van der Waals surface area contributed by atoms with Crippen LogP contribution in [0.25, 0.3) is 6.08 Å². The van der Waals surface area contributed by atoms with E-state index in [0.29, 0.717) is 11.1 Å². The number of amides is 1. The molecule has 0 aliphatic heterocycles. The zero-order valence-corrected chi connectivity index (χ0v) is 35.6. The molecule has 0 atom stereocenters. The van der Waals surface area contributed by atoms with Crippen LogP contribution in [0, 0.1) is 12.1 Å². The van der Waals surface area contributed by atoms with Crippen LogP contribution in [0.4, 0.5) is 11.4 Å². The third-order valence-electron chi connectivity index (χ3n) is 7.88. The van der Waals surface area contributed by atoms with Crippen molar-refractivity contribution in [1.29, 1.82) is 0 Å². The van der Waals surface area contributed by atoms with E-state index in [4.69, 9.17) is 47.1 Å². The van der Waals surface area contributed by atoms with E-state index in [-0.39, 0.29) is 66.7 Å². The molecule has 13 nitrogen and oxygen atoms in total. The van der Waals surface area contributed by atoms with Gasteiger partial charge in [0.1, 0.15) is 40.8 Å². The second-order valence-corrected chi connectivity index (χ2v) is 12.4. The molecule has 0 heterocycles. The number of hydrogen-bond acceptors (Lipinski definition) is 10. The molecule has 0 unspecified atom stereocenters. The number of carbonyl (C=O) groups excluding carboxylic acids is 2. The molecule has 1 amide bonds. The van der Waals surface area contributed by atoms with E-state index in [1.54, 1.807) is 48.5 Å². The number of phenolic OH excluding ortho intramolecular Hbond substituents is 2. The van der Waals surface area contributed by atoms with Gasteiger partial charge < -0.3 is 47.1 Å². The predicted molar refractivity (Wildman–Crippen MR) is 231 cm³/mol. The molecule has 7 aromatic rings. The first-order chi connectivity index (χ1) is 29.3. The largest absolute Gasteiger partial charge is 0.506 e. The van der Waals surface area contributed by atoms with Crippen molar-refractivity contribution in [2.75, 3.05) is 11.5 Å². The fourth-order valence-corrected chi connectivity index (χ4v) is 4.73. The fraction of sp³-hybridized carbons (Fsp3) is 0. The Morgan fingerprint density at radius 3 is 1.55 bits per heavy atom. The van der Waals surface area contributed by atoms with E-state index in [9.17, 15) is 19.2 Å². The number of aromatic carboxylic acids is 2. The van der Waals surface area contributed by atoms with Crippen molar-refractivity contribution < 1.29 is 81.8 Å². The molecule has 0 aliphatic rings. The maximum atomic E-state index is 11.2. The van der Waals surface area contributed by atoms with Crippen LogP contribution in [0.15, 0.2) is 164 Å². The van der Waals surface area contributed by atoms with Crippen LogP contribution < -0.4 is 26.7 Å². The van der Waals surface area contributed by atoms with Gasteiger partial charge in [-0.25, -0.2) is 21.2 Å². The third-order valence-corrected chi connectivity index (χ3v) is 7.88. The standard InChI is InChI=1S/C21H15NO2.C13H10O2.2C7H7NO3.Y/c22-21(23)18-6-4-5-17(15-18)10-9-16-11-13-20(14-12-16)24-19-7-2-1-3-8-19;14-10-11-6-8-13(9-7-11)15-12-4-2-1-3-5-12;8-5-3-4(7(10)11)1-2-6(5)9;8-5-2-1-4(7(10)11)3-6(5)9;/h1-4,6-8,10-15H,(H2,22,23);1-10H;2*1-3,9H,8H2,(H,10,11);/q-2;;;;. The first-order valence-electron chi connectivity index (χ1n) is 18.0. The maximum absolute atomic E-state index is 11.2. The van der Waals surface area contributed by atoms with Gasteiger partial charge >= 0.3 is 11.9 Å². The van der Waals surface area contributed by atoms with Crippen LogP contribution in [0.5, 0.6) is 34.5 Å². The number of aldehydes is 1. The topological polar surface area (TPSA) is 246 Å². The number of nitrogen functional groups attached to an aromatic ring is 2. The van der Waals surface area contributed by atoms with Crippen molar-refractivity contribution in [3.8, 4) is 34.5 Å². The SMILES string of the molecule is NC(=O)c1cc[c-]c(C=[C-]c2ccc(Oc3ccccc3)cc2)c1.Nc1cc(C(=O)O)ccc1O.Nc1ccc(C(=O)O)cc1O.O=Cc1ccc(Oc2ccccc2)cc1.[Y]. The second-order valence-electron chi connectivity index (χ2n) is 12.4. The molecule has 0 aromatic heterocycles. The minimum atomic E-state index is -1.08. The van der Waals surface area contributed by atoms with Gasteiger partial charge in [-0.1, -0.05) is 54.1 Å². The summed E-state index contributed by atoms with van der Waals surface area (Å²) in [7, 11) is 0. The zero-order valence-electron chi connectivity index (χ0n) is 32.8. The number of ether oxygens (including phenoxy) is 2. The Morgan fingerprint density at radius 1 is 0.565 bits per heavy atom. The number of aromatic hydroxyl groups is 2. The average molecular weight is 907 g/mol. The van der Waals surface area contributed by atoms with Gasteiger partial charge in [0.05, 0.1) is 22.5 Å². The average Bonchev–Trinajstić information content (AvgIpc) is 3.27. The number of carboxylic acids is 2. The number of benzene rings is 7. The third kappa shape index (κ3) is 16.5. The van der Waals surface area contributed by atoms with Crippen LogP contribution >= 0.6 is 0 Å². The predicted octanol–water partition coefficient (Wildman–Crippen LogP) is 8.88. The summed E-state index contributed by atoms with van der Waals surface area (Å²) in [4.78, 5) is 42.3. The van der Waals surface area contributed by atoms with Crippen molar-refractivity contribution in [2.45, 2.75) is 0 Å². The van der Waals surface area contributed by atoms with Gasteiger partial charge in [0.2, 0.25) is 5.91 Å². The van der Waals surface area contributed by atoms with Gasteiger partial charge in [-0.2, -0.15) is 29.8 Å². The molecule has 10 N–H and O–H groups in total. The van der Waals surface area contributed by atoms with E-state index < -0.39 is 17.8 Å². The van der Waals surface area contributed by atoms with Gasteiger partial charge in [-0.15, -0.1) is 18.2 Å². The first kappa shape index (κ1) is 48.6. The quantitative estimate of drug-likeness (QED) is 0.0224. The Kier molecular flexibility index (Phi) is 19.6. The number of hydrogen-bond donors (Lipinski definition) is 7. The molecule has 0 bridgehead atoms. The zero-order chi connectivity index (χ0) is 44.1. The van der Waals surface area contributed by atoms with Gasteiger partial charge in [-0.05, 0) is 84.9 Å². The molecule has 311 valence electrons. The Balaban J connectivity index is 0.000000233. The smallest absolute Gasteiger partial charge is 0.335 e. The van der Waals surface area contributed by atoms with Gasteiger partial charge in [-0.3, -0.25) is 9.59 Å². The number of para-hydroxylation sites is 2. The summed E-state index contributed by atoms with van der Waals surface area (Å²) < 4.78 is 11.3. The molecular formula is C48H39N3O10Y-2. The van der Waals surface area contributed by atoms with Gasteiger partial charge in [0.15, 0.2) is 0 Å². The summed E-state index contributed by atoms with van der Waals surface area (Å²) in [5.74, 6) is 0.165. The Hall–Kier alpha value is -7.74. The minimum absolute atomic E-state index is 0. The summed E-state index contributed by atoms with van der Waals surface area (Å²) in [5.41, 5.74) is 18.8. The molecule has 0 fully saturated rings. The molecule has 7 rings (SSSR count). The number of carboxylic acid groups (broad SMARTS) is 2. The molecule has 0 saturated carbocycles. The molecule has 62 heavy (non-hydrogen) atoms. The number of primary amides is 1. The maximum Gasteiger partial charge on any atom is 0.335 e. The number of anilines is 2. The van der Waals surface area contributed by atoms with Crippen molar-refractivity contribution in [3.05, 3.63) is 209 Å². The molecule has 0 aliphatic carbocycles. The summed E-state index contributed by atoms with van der Waals surface area (Å²) >= 11 is 0. The normalized spacial score (nSPS) is 9.81. The monoisotopic (exact) mass is 906 g/mol. The molecule has 0 spiro atoms. The first-order valence-corrected chi connectivity index (χ1v) is 18.0. The van der Waals surface area contributed by atoms with Crippen molar-refractivity contribution in [3.63, 3.8) is 0 Å². The number of carbonyl (C=O) groups is 4. The molecule has 1 radical (unpaired) electrons. The number of rotatable bonds is 10. The van der Waals surface area contributed by atoms with Crippen LogP contribution in [0.3, 0.4) is 0 Å². The Bertz CT molecular complexity index is 2510. The van der Waals surface area contributed by atoms with E-state index >= 15 is 0 Å². The molecular weight excluding hydrogens is 867 g/mol. The van der Waals surface area contributed by atoms with Crippen LogP contribution in [0.1, 0.15) is 52.6 Å². The number of nitrogens with two attached hydrogens (primary N) is 3. The number of phenols is 2. The van der Waals surface area contributed by atoms with Gasteiger partial charge in [0, 0.05) is 38.3 Å². The summed E-state index contributed by atoms with van der Waals surface area (Å²) in [6.45, 7) is 0. The van der Waals surface area contributed by atoms with Crippen molar-refractivity contribution >= 4 is 41.6 Å².